The minimum atomic E-state index is -0.948. The minimum Gasteiger partial charge on any atom is -0.496 e. The Morgan fingerprint density at radius 2 is 2.17 bits per heavy atom. The van der Waals surface area contributed by atoms with E-state index in [1.165, 1.54) is 0 Å². The zero-order chi connectivity index (χ0) is 13.1. The second kappa shape index (κ2) is 5.04. The summed E-state index contributed by atoms with van der Waals surface area (Å²) in [4.78, 5) is 15.5. The maximum absolute atomic E-state index is 11.0. The van der Waals surface area contributed by atoms with Gasteiger partial charge in [-0.2, -0.15) is 0 Å². The summed E-state index contributed by atoms with van der Waals surface area (Å²) in [5.74, 6) is -0.275. The summed E-state index contributed by atoms with van der Waals surface area (Å²) in [6.07, 6.45) is 1.89. The van der Waals surface area contributed by atoms with Crippen molar-refractivity contribution >= 4 is 16.9 Å². The molecule has 1 aromatic carbocycles. The molecule has 0 fully saturated rings. The van der Waals surface area contributed by atoms with E-state index in [-0.39, 0.29) is 5.56 Å². The number of methoxy groups -OCH3 is 1. The molecule has 0 aliphatic heterocycles. The van der Waals surface area contributed by atoms with Gasteiger partial charge < -0.3 is 9.84 Å². The Morgan fingerprint density at radius 1 is 1.39 bits per heavy atom. The molecule has 0 aliphatic carbocycles. The molecule has 1 aromatic heterocycles. The summed E-state index contributed by atoms with van der Waals surface area (Å²) < 4.78 is 5.32. The number of hydrogen-bond donors (Lipinski definition) is 1. The summed E-state index contributed by atoms with van der Waals surface area (Å²) in [6.45, 7) is 2.09. The maximum atomic E-state index is 11.0. The molecule has 2 rings (SSSR count). The van der Waals surface area contributed by atoms with Crippen LogP contribution in [0.4, 0.5) is 0 Å². The molecule has 1 N–H and O–H groups in total. The van der Waals surface area contributed by atoms with Gasteiger partial charge in [0.05, 0.1) is 18.2 Å². The average Bonchev–Trinajstić information content (AvgIpc) is 2.37. The number of carboxylic acids is 1. The highest BCUT2D eigenvalue weighted by molar-refractivity contribution is 5.95. The third-order valence-corrected chi connectivity index (χ3v) is 2.80. The largest absolute Gasteiger partial charge is 0.496 e. The number of nitrogens with zero attached hydrogens (tertiary/aromatic N) is 1. The van der Waals surface area contributed by atoms with Crippen LogP contribution >= 0.6 is 0 Å². The highest BCUT2D eigenvalue weighted by Crippen LogP contribution is 2.26. The molecular formula is C14H15NO3. The van der Waals surface area contributed by atoms with Crippen LogP contribution < -0.4 is 4.74 Å². The lowest BCUT2D eigenvalue weighted by Crippen LogP contribution is -1.98. The first-order valence-electron chi connectivity index (χ1n) is 5.86. The van der Waals surface area contributed by atoms with Crippen LogP contribution in [0.2, 0.25) is 0 Å². The van der Waals surface area contributed by atoms with E-state index in [0.29, 0.717) is 5.75 Å². The minimum absolute atomic E-state index is 0.242. The monoisotopic (exact) mass is 245 g/mol. The molecule has 1 heterocycles. The van der Waals surface area contributed by atoms with E-state index < -0.39 is 5.97 Å². The van der Waals surface area contributed by atoms with Crippen molar-refractivity contribution in [1.29, 1.82) is 0 Å². The number of aromatic nitrogens is 1. The summed E-state index contributed by atoms with van der Waals surface area (Å²) >= 11 is 0. The van der Waals surface area contributed by atoms with Crippen molar-refractivity contribution < 1.29 is 14.6 Å². The molecule has 0 amide bonds. The van der Waals surface area contributed by atoms with Crippen LogP contribution in [0.1, 0.15) is 29.4 Å². The topological polar surface area (TPSA) is 59.4 Å². The molecule has 0 unspecified atom stereocenters. The van der Waals surface area contributed by atoms with Crippen molar-refractivity contribution in [2.45, 2.75) is 19.8 Å². The van der Waals surface area contributed by atoms with Gasteiger partial charge in [0.1, 0.15) is 5.75 Å². The van der Waals surface area contributed by atoms with Crippen LogP contribution in [0.3, 0.4) is 0 Å². The summed E-state index contributed by atoms with van der Waals surface area (Å²) in [5.41, 5.74) is 1.97. The fourth-order valence-corrected chi connectivity index (χ4v) is 1.93. The van der Waals surface area contributed by atoms with Gasteiger partial charge in [-0.25, -0.2) is 4.79 Å². The van der Waals surface area contributed by atoms with Crippen LogP contribution in [-0.4, -0.2) is 23.2 Å². The number of carboxylic acid groups (broad SMARTS) is 1. The predicted octanol–water partition coefficient (Wildman–Crippen LogP) is 2.89. The predicted molar refractivity (Wildman–Crippen MR) is 69.2 cm³/mol. The first-order chi connectivity index (χ1) is 8.65. The third-order valence-electron chi connectivity index (χ3n) is 2.80. The Balaban J connectivity index is 2.63. The van der Waals surface area contributed by atoms with Crippen molar-refractivity contribution in [3.63, 3.8) is 0 Å². The quantitative estimate of drug-likeness (QED) is 0.899. The molecule has 0 radical (unpaired) electrons. The van der Waals surface area contributed by atoms with Gasteiger partial charge in [-0.05, 0) is 24.6 Å². The van der Waals surface area contributed by atoms with E-state index in [0.717, 1.165) is 29.4 Å². The zero-order valence-corrected chi connectivity index (χ0v) is 10.4. The first-order valence-corrected chi connectivity index (χ1v) is 5.86. The highest BCUT2D eigenvalue weighted by Gasteiger charge is 2.09. The van der Waals surface area contributed by atoms with E-state index in [1.807, 2.05) is 6.07 Å². The van der Waals surface area contributed by atoms with E-state index >= 15 is 0 Å². The van der Waals surface area contributed by atoms with Gasteiger partial charge >= 0.3 is 5.97 Å². The Labute approximate surface area is 105 Å². The number of ether oxygens (including phenoxy) is 1. The summed E-state index contributed by atoms with van der Waals surface area (Å²) in [5, 5.41) is 9.72. The van der Waals surface area contributed by atoms with E-state index in [2.05, 4.69) is 11.9 Å². The second-order valence-corrected chi connectivity index (χ2v) is 4.10. The molecular weight excluding hydrogens is 230 g/mol. The van der Waals surface area contributed by atoms with Gasteiger partial charge in [0.25, 0.3) is 0 Å². The van der Waals surface area contributed by atoms with Crippen LogP contribution in [-0.2, 0) is 6.42 Å². The molecule has 94 valence electrons. The molecule has 18 heavy (non-hydrogen) atoms. The third kappa shape index (κ3) is 2.27. The lowest BCUT2D eigenvalue weighted by molar-refractivity contribution is 0.0697. The number of fused-ring (bicyclic) bond motifs is 1. The Hall–Kier alpha value is -2.10. The lowest BCUT2D eigenvalue weighted by atomic mass is 10.1. The fourth-order valence-electron chi connectivity index (χ4n) is 1.93. The summed E-state index contributed by atoms with van der Waals surface area (Å²) in [7, 11) is 1.58. The Bertz CT molecular complexity index is 593. The Kier molecular flexibility index (Phi) is 3.46. The highest BCUT2D eigenvalue weighted by atomic mass is 16.5. The van der Waals surface area contributed by atoms with Crippen molar-refractivity contribution in [3.8, 4) is 5.75 Å². The number of aromatic carboxylic acids is 1. The SMILES string of the molecule is CCCc1cc(OC)c2cc(C(=O)O)ccc2n1. The molecule has 4 nitrogen and oxygen atoms in total. The van der Waals surface area contributed by atoms with Gasteiger partial charge in [-0.15, -0.1) is 0 Å². The van der Waals surface area contributed by atoms with Crippen molar-refractivity contribution in [2.75, 3.05) is 7.11 Å². The van der Waals surface area contributed by atoms with Crippen LogP contribution in [0.25, 0.3) is 10.9 Å². The fraction of sp³-hybridized carbons (Fsp3) is 0.286. The number of carbonyl (C=O) groups is 1. The van der Waals surface area contributed by atoms with Crippen LogP contribution in [0.15, 0.2) is 24.3 Å². The molecule has 4 heteroatoms. The van der Waals surface area contributed by atoms with E-state index in [1.54, 1.807) is 25.3 Å². The average molecular weight is 245 g/mol. The standard InChI is InChI=1S/C14H15NO3/c1-3-4-10-8-13(18-2)11-7-9(14(16)17)5-6-12(11)15-10/h5-8H,3-4H2,1-2H3,(H,16,17). The van der Waals surface area contributed by atoms with Gasteiger partial charge in [-0.1, -0.05) is 13.3 Å². The van der Waals surface area contributed by atoms with Gasteiger partial charge in [0, 0.05) is 17.1 Å². The van der Waals surface area contributed by atoms with Crippen LogP contribution in [0.5, 0.6) is 5.75 Å². The van der Waals surface area contributed by atoms with Gasteiger partial charge in [0.15, 0.2) is 0 Å². The number of benzene rings is 1. The molecule has 0 saturated heterocycles. The maximum Gasteiger partial charge on any atom is 0.335 e. The van der Waals surface area contributed by atoms with Crippen molar-refractivity contribution in [2.24, 2.45) is 0 Å². The Morgan fingerprint density at radius 3 is 2.78 bits per heavy atom. The van der Waals surface area contributed by atoms with E-state index in [9.17, 15) is 4.79 Å². The molecule has 0 bridgehead atoms. The number of rotatable bonds is 4. The normalized spacial score (nSPS) is 10.6. The zero-order valence-electron chi connectivity index (χ0n) is 10.4. The van der Waals surface area contributed by atoms with Crippen molar-refractivity contribution in [1.82, 2.24) is 4.98 Å². The molecule has 2 aromatic rings. The molecule has 0 saturated carbocycles. The molecule has 0 aliphatic rings. The summed E-state index contributed by atoms with van der Waals surface area (Å²) in [6, 6.07) is 6.75. The number of pyridine rings is 1. The van der Waals surface area contributed by atoms with Gasteiger partial charge in [0.2, 0.25) is 0 Å². The van der Waals surface area contributed by atoms with Crippen molar-refractivity contribution in [3.05, 3.63) is 35.5 Å². The molecule has 0 atom stereocenters. The number of aryl methyl sites for hydroxylation is 1. The lowest BCUT2D eigenvalue weighted by Gasteiger charge is -2.08. The van der Waals surface area contributed by atoms with E-state index in [4.69, 9.17) is 9.84 Å². The smallest absolute Gasteiger partial charge is 0.335 e. The molecule has 0 spiro atoms. The first kappa shape index (κ1) is 12.4. The second-order valence-electron chi connectivity index (χ2n) is 4.10. The van der Waals surface area contributed by atoms with Crippen LogP contribution in [0, 0.1) is 0 Å². The van der Waals surface area contributed by atoms with Gasteiger partial charge in [-0.3, -0.25) is 4.98 Å². The number of hydrogen-bond acceptors (Lipinski definition) is 3.